The lowest BCUT2D eigenvalue weighted by atomic mass is 9.97. The molecule has 1 fully saturated rings. The number of nitrogens with one attached hydrogen (secondary N) is 2. The summed E-state index contributed by atoms with van der Waals surface area (Å²) in [7, 11) is 1.65. The number of thioether (sulfide) groups is 1. The molecule has 0 aromatic carbocycles. The van der Waals surface area contributed by atoms with Crippen molar-refractivity contribution in [1.82, 2.24) is 10.6 Å². The lowest BCUT2D eigenvalue weighted by Crippen LogP contribution is -2.57. The molecule has 0 radical (unpaired) electrons. The van der Waals surface area contributed by atoms with Gasteiger partial charge in [0.15, 0.2) is 5.90 Å². The molecule has 164 valence electrons. The van der Waals surface area contributed by atoms with Crippen LogP contribution in [0.2, 0.25) is 0 Å². The molecule has 3 aliphatic rings. The third-order valence-electron chi connectivity index (χ3n) is 5.72. The Morgan fingerprint density at radius 1 is 1.40 bits per heavy atom. The van der Waals surface area contributed by atoms with Crippen molar-refractivity contribution in [3.05, 3.63) is 11.8 Å². The fourth-order valence-electron chi connectivity index (χ4n) is 3.97. The van der Waals surface area contributed by atoms with E-state index < -0.39 is 0 Å². The summed E-state index contributed by atoms with van der Waals surface area (Å²) < 4.78 is 5.20. The number of aliphatic hydroxyl groups is 1. The van der Waals surface area contributed by atoms with Gasteiger partial charge in [-0.1, -0.05) is 11.8 Å². The van der Waals surface area contributed by atoms with Crippen molar-refractivity contribution in [3.63, 3.8) is 0 Å². The van der Waals surface area contributed by atoms with Gasteiger partial charge < -0.3 is 15.2 Å². The van der Waals surface area contributed by atoms with Gasteiger partial charge in [0.05, 0.1) is 25.7 Å². The molecule has 4 unspecified atom stereocenters. The van der Waals surface area contributed by atoms with Gasteiger partial charge in [-0.05, 0) is 44.8 Å². The predicted octanol–water partition coefficient (Wildman–Crippen LogP) is 2.19. The maximum absolute atomic E-state index is 9.48. The van der Waals surface area contributed by atoms with Crippen molar-refractivity contribution in [2.75, 3.05) is 32.3 Å². The first-order valence-electron chi connectivity index (χ1n) is 10.7. The van der Waals surface area contributed by atoms with E-state index in [2.05, 4.69) is 43.7 Å². The van der Waals surface area contributed by atoms with Crippen molar-refractivity contribution in [2.45, 2.75) is 51.2 Å². The average Bonchev–Trinajstić information content (AvgIpc) is 3.21. The minimum atomic E-state index is -0.0496. The van der Waals surface area contributed by atoms with Crippen molar-refractivity contribution in [2.24, 2.45) is 26.8 Å². The Morgan fingerprint density at radius 3 is 2.93 bits per heavy atom. The van der Waals surface area contributed by atoms with Crippen LogP contribution in [0.15, 0.2) is 26.8 Å². The van der Waals surface area contributed by atoms with E-state index >= 15 is 0 Å². The van der Waals surface area contributed by atoms with Crippen LogP contribution in [0.3, 0.4) is 0 Å². The third-order valence-corrected chi connectivity index (χ3v) is 6.31. The van der Waals surface area contributed by atoms with Crippen molar-refractivity contribution >= 4 is 29.3 Å². The van der Waals surface area contributed by atoms with E-state index in [4.69, 9.17) is 4.74 Å². The van der Waals surface area contributed by atoms with E-state index in [1.807, 2.05) is 6.92 Å². The molecule has 1 aliphatic carbocycles. The molecule has 8 heteroatoms. The zero-order valence-corrected chi connectivity index (χ0v) is 19.0. The first kappa shape index (κ1) is 22.9. The zero-order chi connectivity index (χ0) is 21.3. The number of aliphatic imine (C=N–C) groups is 3. The minimum Gasteiger partial charge on any atom is -0.484 e. The highest BCUT2D eigenvalue weighted by molar-refractivity contribution is 7.98. The van der Waals surface area contributed by atoms with Crippen LogP contribution in [-0.4, -0.2) is 67.2 Å². The molecular weight excluding hydrogens is 398 g/mol. The van der Waals surface area contributed by atoms with Gasteiger partial charge in [0.2, 0.25) is 5.96 Å². The van der Waals surface area contributed by atoms with Gasteiger partial charge in [-0.2, -0.15) is 11.8 Å². The lowest BCUT2D eigenvalue weighted by molar-refractivity contribution is 0.226. The summed E-state index contributed by atoms with van der Waals surface area (Å²) in [5.74, 6) is 9.48. The SMILES string of the molecule is COC1=NC=C(C#CC2C(C)=NC(=NCCSC)NC2NC2CCC(CO)C2)CC1. The molecule has 3 N–H and O–H groups in total. The number of hydrogen-bond acceptors (Lipinski definition) is 6. The smallest absolute Gasteiger partial charge is 0.219 e. The maximum atomic E-state index is 9.48. The minimum absolute atomic E-state index is 0.0484. The van der Waals surface area contributed by atoms with Gasteiger partial charge in [-0.15, -0.1) is 0 Å². The van der Waals surface area contributed by atoms with Gasteiger partial charge >= 0.3 is 0 Å². The van der Waals surface area contributed by atoms with Gasteiger partial charge in [0.25, 0.3) is 0 Å². The molecule has 0 amide bonds. The highest BCUT2D eigenvalue weighted by Crippen LogP contribution is 2.26. The summed E-state index contributed by atoms with van der Waals surface area (Å²) in [6.45, 7) is 3.03. The van der Waals surface area contributed by atoms with Crippen LogP contribution in [0, 0.1) is 23.7 Å². The number of ether oxygens (including phenoxy) is 1. The molecule has 1 saturated carbocycles. The van der Waals surface area contributed by atoms with Crippen LogP contribution in [0.4, 0.5) is 0 Å². The van der Waals surface area contributed by atoms with Gasteiger partial charge in [-0.25, -0.2) is 9.98 Å². The number of rotatable bonds is 6. The van der Waals surface area contributed by atoms with Crippen LogP contribution in [0.1, 0.15) is 39.0 Å². The van der Waals surface area contributed by atoms with E-state index in [0.29, 0.717) is 17.9 Å². The summed E-state index contributed by atoms with van der Waals surface area (Å²) in [5, 5.41) is 16.7. The first-order chi connectivity index (χ1) is 14.6. The molecular formula is C22H33N5O2S. The Hall–Kier alpha value is -1.82. The molecule has 0 aromatic heterocycles. The second kappa shape index (κ2) is 11.5. The van der Waals surface area contributed by atoms with Crippen LogP contribution in [-0.2, 0) is 4.74 Å². The fourth-order valence-corrected chi connectivity index (χ4v) is 4.24. The summed E-state index contributed by atoms with van der Waals surface area (Å²) in [6, 6.07) is 0.366. The molecule has 0 aromatic rings. The number of methoxy groups -OCH3 is 1. The van der Waals surface area contributed by atoms with Crippen LogP contribution >= 0.6 is 11.8 Å². The predicted molar refractivity (Wildman–Crippen MR) is 125 cm³/mol. The Labute approximate surface area is 184 Å². The van der Waals surface area contributed by atoms with E-state index in [-0.39, 0.29) is 18.7 Å². The summed E-state index contributed by atoms with van der Waals surface area (Å²) >= 11 is 1.78. The number of nitrogens with zero attached hydrogens (tertiary/aromatic N) is 3. The fraction of sp³-hybridized carbons (Fsp3) is 0.682. The summed E-state index contributed by atoms with van der Waals surface area (Å²) in [5.41, 5.74) is 1.99. The van der Waals surface area contributed by atoms with Crippen LogP contribution < -0.4 is 10.6 Å². The van der Waals surface area contributed by atoms with E-state index in [1.54, 1.807) is 25.1 Å². The molecule has 0 saturated heterocycles. The van der Waals surface area contributed by atoms with Crippen molar-refractivity contribution < 1.29 is 9.84 Å². The second-order valence-electron chi connectivity index (χ2n) is 7.93. The van der Waals surface area contributed by atoms with E-state index in [9.17, 15) is 5.11 Å². The molecule has 3 rings (SSSR count). The monoisotopic (exact) mass is 431 g/mol. The third kappa shape index (κ3) is 6.34. The molecule has 2 aliphatic heterocycles. The zero-order valence-electron chi connectivity index (χ0n) is 18.1. The van der Waals surface area contributed by atoms with Crippen molar-refractivity contribution in [1.29, 1.82) is 0 Å². The Bertz CT molecular complexity index is 780. The maximum Gasteiger partial charge on any atom is 0.219 e. The number of hydrogen-bond donors (Lipinski definition) is 3. The van der Waals surface area contributed by atoms with Crippen LogP contribution in [0.5, 0.6) is 0 Å². The highest BCUT2D eigenvalue weighted by Gasteiger charge is 2.32. The average molecular weight is 432 g/mol. The second-order valence-corrected chi connectivity index (χ2v) is 8.91. The number of allylic oxidation sites excluding steroid dienone is 1. The molecule has 0 spiro atoms. The number of aliphatic hydroxyl groups excluding tert-OH is 1. The van der Waals surface area contributed by atoms with Crippen molar-refractivity contribution in [3.8, 4) is 11.8 Å². The van der Waals surface area contributed by atoms with Crippen LogP contribution in [0.25, 0.3) is 0 Å². The molecule has 7 nitrogen and oxygen atoms in total. The normalized spacial score (nSPS) is 30.0. The van der Waals surface area contributed by atoms with E-state index in [0.717, 1.165) is 61.6 Å². The quantitative estimate of drug-likeness (QED) is 0.443. The largest absolute Gasteiger partial charge is 0.484 e. The Kier molecular flexibility index (Phi) is 8.79. The van der Waals surface area contributed by atoms with E-state index in [1.165, 1.54) is 0 Å². The standard InChI is InChI=1S/C22H33N5O2S/c1-15-19(8-5-16-6-9-20(29-2)24-13-16)21(26-18-7-4-17(12-18)14-28)27-22(25-15)23-10-11-30-3/h13,17-19,21,26,28H,4,6-7,9-12,14H2,1-3H3,(H,23,27). The summed E-state index contributed by atoms with van der Waals surface area (Å²) in [4.78, 5) is 13.6. The van der Waals surface area contributed by atoms with Gasteiger partial charge in [0.1, 0.15) is 0 Å². The lowest BCUT2D eigenvalue weighted by Gasteiger charge is -2.32. The Balaban J connectivity index is 1.76. The molecule has 30 heavy (non-hydrogen) atoms. The first-order valence-corrected chi connectivity index (χ1v) is 12.1. The molecule has 4 atom stereocenters. The number of guanidine groups is 1. The Morgan fingerprint density at radius 2 is 2.27 bits per heavy atom. The van der Waals surface area contributed by atoms with Gasteiger partial charge in [-0.3, -0.25) is 10.3 Å². The van der Waals surface area contributed by atoms with Gasteiger partial charge in [0, 0.05) is 42.3 Å². The molecule has 0 bridgehead atoms. The molecule has 2 heterocycles. The summed E-state index contributed by atoms with van der Waals surface area (Å²) in [6.07, 6.45) is 8.58. The topological polar surface area (TPSA) is 90.6 Å². The highest BCUT2D eigenvalue weighted by atomic mass is 32.2.